The number of hydrogen-bond donors (Lipinski definition) is 1. The quantitative estimate of drug-likeness (QED) is 0.279. The summed E-state index contributed by atoms with van der Waals surface area (Å²) >= 11 is 2.09. The van der Waals surface area contributed by atoms with Crippen LogP contribution in [0.5, 0.6) is 0 Å². The van der Waals surface area contributed by atoms with E-state index in [4.69, 9.17) is 9.47 Å². The van der Waals surface area contributed by atoms with Gasteiger partial charge in [-0.25, -0.2) is 0 Å². The molecule has 5 nitrogen and oxygen atoms in total. The summed E-state index contributed by atoms with van der Waals surface area (Å²) in [6, 6.07) is 0. The molecule has 0 aliphatic heterocycles. The Hall–Kier alpha value is -1.27. The Balaban J connectivity index is 1.54. The molecule has 4 aliphatic carbocycles. The van der Waals surface area contributed by atoms with E-state index in [0.29, 0.717) is 34.8 Å². The summed E-state index contributed by atoms with van der Waals surface area (Å²) in [5, 5.41) is 10.7. The van der Waals surface area contributed by atoms with Gasteiger partial charge in [0.1, 0.15) is 12.2 Å². The number of hydrogen-bond acceptors (Lipinski definition) is 6. The van der Waals surface area contributed by atoms with E-state index in [1.165, 1.54) is 38.7 Å². The Morgan fingerprint density at radius 3 is 2.46 bits per heavy atom. The molecule has 0 aromatic carbocycles. The van der Waals surface area contributed by atoms with Gasteiger partial charge >= 0.3 is 11.9 Å². The SMILES string of the molecule is CC(=O)OC1CC2=CC=C3[C@@H]4CC[C@H](C(C)SCCCC(C)(C)O)[C@@]4(C)CC[C@@H]3[C@@]2(C)C(OC(C)=O)C1. The molecule has 37 heavy (non-hydrogen) atoms. The first kappa shape index (κ1) is 28.7. The first-order valence-corrected chi connectivity index (χ1v) is 15.4. The maximum absolute atomic E-state index is 12.2. The zero-order valence-electron chi connectivity index (χ0n) is 24.0. The van der Waals surface area contributed by atoms with E-state index in [0.717, 1.165) is 31.4 Å². The highest BCUT2D eigenvalue weighted by Gasteiger charge is 2.60. The third kappa shape index (κ3) is 5.71. The Kier molecular flexibility index (Phi) is 8.32. The van der Waals surface area contributed by atoms with Crippen LogP contribution in [0.2, 0.25) is 0 Å². The predicted molar refractivity (Wildman–Crippen MR) is 149 cm³/mol. The summed E-state index contributed by atoms with van der Waals surface area (Å²) in [5.41, 5.74) is 2.29. The third-order valence-electron chi connectivity index (χ3n) is 10.2. The summed E-state index contributed by atoms with van der Waals surface area (Å²) in [7, 11) is 0. The van der Waals surface area contributed by atoms with Gasteiger partial charge in [0.05, 0.1) is 5.60 Å². The lowest BCUT2D eigenvalue weighted by Crippen LogP contribution is -2.54. The first-order chi connectivity index (χ1) is 17.3. The Bertz CT molecular complexity index is 948. The molecule has 3 unspecified atom stereocenters. The van der Waals surface area contributed by atoms with E-state index < -0.39 is 5.60 Å². The van der Waals surface area contributed by atoms with Crippen LogP contribution in [0.4, 0.5) is 0 Å². The van der Waals surface area contributed by atoms with Crippen molar-refractivity contribution in [1.29, 1.82) is 0 Å². The van der Waals surface area contributed by atoms with Gasteiger partial charge < -0.3 is 14.6 Å². The van der Waals surface area contributed by atoms with Crippen LogP contribution < -0.4 is 0 Å². The Morgan fingerprint density at radius 2 is 1.81 bits per heavy atom. The van der Waals surface area contributed by atoms with Crippen molar-refractivity contribution in [3.05, 3.63) is 23.3 Å². The van der Waals surface area contributed by atoms with Crippen molar-refractivity contribution in [2.75, 3.05) is 5.75 Å². The number of rotatable bonds is 8. The predicted octanol–water partition coefficient (Wildman–Crippen LogP) is 6.63. The van der Waals surface area contributed by atoms with Gasteiger partial charge in [-0.3, -0.25) is 9.59 Å². The Labute approximate surface area is 228 Å². The molecular weight excluding hydrogens is 484 g/mol. The first-order valence-electron chi connectivity index (χ1n) is 14.3. The van der Waals surface area contributed by atoms with Gasteiger partial charge in [-0.1, -0.05) is 44.1 Å². The van der Waals surface area contributed by atoms with Crippen LogP contribution in [0.1, 0.15) is 99.8 Å². The van der Waals surface area contributed by atoms with Crippen molar-refractivity contribution in [3.63, 3.8) is 0 Å². The van der Waals surface area contributed by atoms with Crippen LogP contribution in [0.25, 0.3) is 0 Å². The summed E-state index contributed by atoms with van der Waals surface area (Å²) in [5.74, 6) is 2.18. The average Bonchev–Trinajstić information content (AvgIpc) is 3.13. The number of carbonyl (C=O) groups excluding carboxylic acids is 2. The van der Waals surface area contributed by atoms with Gasteiger partial charge in [0.15, 0.2) is 0 Å². The lowest BCUT2D eigenvalue weighted by atomic mass is 9.49. The van der Waals surface area contributed by atoms with E-state index in [9.17, 15) is 14.7 Å². The fourth-order valence-corrected chi connectivity index (χ4v) is 9.76. The molecule has 3 saturated carbocycles. The molecule has 0 radical (unpaired) electrons. The van der Waals surface area contributed by atoms with E-state index >= 15 is 0 Å². The second-order valence-electron chi connectivity index (χ2n) is 13.2. The fraction of sp³-hybridized carbons (Fsp3) is 0.806. The number of allylic oxidation sites excluding steroid dienone is 3. The molecule has 208 valence electrons. The molecule has 8 atom stereocenters. The summed E-state index contributed by atoms with van der Waals surface area (Å²) in [6.07, 6.45) is 12.1. The maximum atomic E-state index is 12.2. The molecule has 0 heterocycles. The highest BCUT2D eigenvalue weighted by molar-refractivity contribution is 7.99. The Morgan fingerprint density at radius 1 is 1.11 bits per heavy atom. The maximum Gasteiger partial charge on any atom is 0.302 e. The zero-order chi connectivity index (χ0) is 27.2. The number of fused-ring (bicyclic) bond motifs is 5. The van der Waals surface area contributed by atoms with E-state index in [-0.39, 0.29) is 29.6 Å². The molecule has 0 spiro atoms. The molecule has 3 fully saturated rings. The minimum atomic E-state index is -0.580. The van der Waals surface area contributed by atoms with Crippen LogP contribution >= 0.6 is 11.8 Å². The zero-order valence-corrected chi connectivity index (χ0v) is 24.8. The van der Waals surface area contributed by atoms with Crippen molar-refractivity contribution >= 4 is 23.7 Å². The summed E-state index contributed by atoms with van der Waals surface area (Å²) in [4.78, 5) is 23.9. The molecule has 0 aromatic heterocycles. The standard InChI is InChI=1S/C31H48O5S/c1-19(37-16-8-14-29(4,5)34)25-11-12-26-24-10-9-22-17-23(35-20(2)32)18-28(36-21(3)33)31(22,7)27(24)13-15-30(25,26)6/h9-10,19,23,25-28,34H,8,11-18H2,1-7H3/t19?,23?,25-,26+,27+,28?,30-,31+/m1/s1. The van der Waals surface area contributed by atoms with Crippen LogP contribution in [0, 0.1) is 28.6 Å². The van der Waals surface area contributed by atoms with Gasteiger partial charge in [0.2, 0.25) is 0 Å². The molecule has 0 saturated heterocycles. The molecule has 6 heteroatoms. The molecule has 0 aromatic rings. The van der Waals surface area contributed by atoms with Gasteiger partial charge in [-0.05, 0) is 81.3 Å². The van der Waals surface area contributed by atoms with Crippen molar-refractivity contribution in [2.45, 2.75) is 123 Å². The lowest BCUT2D eigenvalue weighted by Gasteiger charge is -2.57. The number of carbonyl (C=O) groups is 2. The van der Waals surface area contributed by atoms with Crippen molar-refractivity contribution < 1.29 is 24.2 Å². The number of esters is 2. The highest BCUT2D eigenvalue weighted by Crippen LogP contribution is 2.66. The van der Waals surface area contributed by atoms with E-state index in [2.05, 4.69) is 44.7 Å². The van der Waals surface area contributed by atoms with Crippen LogP contribution in [0.15, 0.2) is 23.3 Å². The van der Waals surface area contributed by atoms with Gasteiger partial charge in [0.25, 0.3) is 0 Å². The van der Waals surface area contributed by atoms with E-state index in [1.54, 1.807) is 5.57 Å². The van der Waals surface area contributed by atoms with Crippen molar-refractivity contribution in [3.8, 4) is 0 Å². The number of aliphatic hydroxyl groups is 1. The third-order valence-corrected chi connectivity index (χ3v) is 11.6. The van der Waals surface area contributed by atoms with Gasteiger partial charge in [0, 0.05) is 37.4 Å². The minimum absolute atomic E-state index is 0.241. The second kappa shape index (κ2) is 10.7. The lowest BCUT2D eigenvalue weighted by molar-refractivity contribution is -0.165. The average molecular weight is 533 g/mol. The molecular formula is C31H48O5S. The molecule has 4 aliphatic rings. The van der Waals surface area contributed by atoms with Gasteiger partial charge in [-0.15, -0.1) is 0 Å². The van der Waals surface area contributed by atoms with Gasteiger partial charge in [-0.2, -0.15) is 11.8 Å². The topological polar surface area (TPSA) is 72.8 Å². The monoisotopic (exact) mass is 532 g/mol. The number of ether oxygens (including phenoxy) is 2. The fourth-order valence-electron chi connectivity index (χ4n) is 8.40. The van der Waals surface area contributed by atoms with Crippen LogP contribution in [-0.4, -0.2) is 45.9 Å². The largest absolute Gasteiger partial charge is 0.462 e. The van der Waals surface area contributed by atoms with Crippen LogP contribution in [0.3, 0.4) is 0 Å². The minimum Gasteiger partial charge on any atom is -0.462 e. The summed E-state index contributed by atoms with van der Waals surface area (Å²) < 4.78 is 11.6. The molecule has 4 rings (SSSR count). The molecule has 0 bridgehead atoms. The van der Waals surface area contributed by atoms with Crippen LogP contribution in [-0.2, 0) is 19.1 Å². The molecule has 1 N–H and O–H groups in total. The normalized spacial score (nSPS) is 37.9. The van der Waals surface area contributed by atoms with E-state index in [1.807, 2.05) is 13.8 Å². The summed E-state index contributed by atoms with van der Waals surface area (Å²) in [6.45, 7) is 14.0. The van der Waals surface area contributed by atoms with Crippen molar-refractivity contribution in [1.82, 2.24) is 0 Å². The smallest absolute Gasteiger partial charge is 0.302 e. The van der Waals surface area contributed by atoms with Crippen molar-refractivity contribution in [2.24, 2.45) is 28.6 Å². The molecule has 0 amide bonds. The number of thioether (sulfide) groups is 1. The highest BCUT2D eigenvalue weighted by atomic mass is 32.2. The second-order valence-corrected chi connectivity index (χ2v) is 14.7.